The van der Waals surface area contributed by atoms with E-state index in [1.165, 1.54) is 0 Å². The Kier molecular flexibility index (Phi) is 5.97. The normalized spacial score (nSPS) is 11.0. The molecule has 26 heavy (non-hydrogen) atoms. The molecule has 0 saturated heterocycles. The largest absolute Gasteiger partial charge is 0.487 e. The number of anilines is 1. The molecule has 5 nitrogen and oxygen atoms in total. The van der Waals surface area contributed by atoms with Crippen molar-refractivity contribution in [2.75, 3.05) is 5.32 Å². The van der Waals surface area contributed by atoms with E-state index in [0.717, 1.165) is 0 Å². The van der Waals surface area contributed by atoms with Gasteiger partial charge in [0, 0.05) is 5.56 Å². The minimum atomic E-state index is -0.629. The monoisotopic (exact) mass is 359 g/mol. The number of carbonyl (C=O) groups excluding carboxylic acids is 2. The van der Waals surface area contributed by atoms with Crippen LogP contribution >= 0.6 is 0 Å². The zero-order valence-electron chi connectivity index (χ0n) is 15.3. The lowest BCUT2D eigenvalue weighted by Crippen LogP contribution is -2.27. The molecule has 0 heterocycles. The SMILES string of the molecule is Cc1ccc(COc2ccccc2NC(=O)OC(C)(C)C)c(F)c1C=O. The summed E-state index contributed by atoms with van der Waals surface area (Å²) >= 11 is 0. The molecule has 1 N–H and O–H groups in total. The highest BCUT2D eigenvalue weighted by atomic mass is 19.1. The van der Waals surface area contributed by atoms with E-state index < -0.39 is 17.5 Å². The third-order valence-corrected chi connectivity index (χ3v) is 3.50. The van der Waals surface area contributed by atoms with Crippen molar-refractivity contribution in [1.29, 1.82) is 0 Å². The lowest BCUT2D eigenvalue weighted by atomic mass is 10.1. The van der Waals surface area contributed by atoms with Gasteiger partial charge in [0.2, 0.25) is 0 Å². The number of aldehydes is 1. The van der Waals surface area contributed by atoms with Crippen LogP contribution in [0.2, 0.25) is 0 Å². The van der Waals surface area contributed by atoms with Gasteiger partial charge in [-0.2, -0.15) is 0 Å². The quantitative estimate of drug-likeness (QED) is 0.773. The zero-order valence-corrected chi connectivity index (χ0v) is 15.3. The molecule has 2 aromatic carbocycles. The van der Waals surface area contributed by atoms with Gasteiger partial charge in [-0.3, -0.25) is 10.1 Å². The molecular weight excluding hydrogens is 337 g/mol. The molecule has 0 aliphatic heterocycles. The summed E-state index contributed by atoms with van der Waals surface area (Å²) in [5, 5.41) is 2.61. The maximum atomic E-state index is 14.3. The third-order valence-electron chi connectivity index (χ3n) is 3.50. The van der Waals surface area contributed by atoms with Crippen LogP contribution in [-0.2, 0) is 11.3 Å². The van der Waals surface area contributed by atoms with Crippen LogP contribution in [0.3, 0.4) is 0 Å². The van der Waals surface area contributed by atoms with Crippen molar-refractivity contribution in [3.05, 3.63) is 58.9 Å². The molecule has 138 valence electrons. The first-order valence-electron chi connectivity index (χ1n) is 8.16. The first kappa shape index (κ1) is 19.4. The van der Waals surface area contributed by atoms with Gasteiger partial charge >= 0.3 is 6.09 Å². The molecule has 0 aromatic heterocycles. The summed E-state index contributed by atoms with van der Waals surface area (Å²) in [5.41, 5.74) is 0.616. The first-order chi connectivity index (χ1) is 12.2. The van der Waals surface area contributed by atoms with Crippen molar-refractivity contribution < 1.29 is 23.5 Å². The lowest BCUT2D eigenvalue weighted by molar-refractivity contribution is 0.0635. The molecule has 0 fully saturated rings. The Morgan fingerprint density at radius 2 is 1.88 bits per heavy atom. The number of ether oxygens (including phenoxy) is 2. The molecule has 0 spiro atoms. The number of hydrogen-bond acceptors (Lipinski definition) is 4. The van der Waals surface area contributed by atoms with E-state index in [-0.39, 0.29) is 17.7 Å². The Hall–Kier alpha value is -2.89. The topological polar surface area (TPSA) is 64.6 Å². The van der Waals surface area contributed by atoms with Gasteiger partial charge in [0.25, 0.3) is 0 Å². The number of aryl methyl sites for hydroxylation is 1. The molecule has 1 amide bonds. The molecule has 6 heteroatoms. The fourth-order valence-electron chi connectivity index (χ4n) is 2.26. The number of benzene rings is 2. The van der Waals surface area contributed by atoms with Crippen LogP contribution in [0.15, 0.2) is 36.4 Å². The second-order valence-corrected chi connectivity index (χ2v) is 6.80. The van der Waals surface area contributed by atoms with Crippen molar-refractivity contribution >= 4 is 18.1 Å². The number of para-hydroxylation sites is 2. The van der Waals surface area contributed by atoms with Crippen molar-refractivity contribution in [2.24, 2.45) is 0 Å². The molecule has 2 rings (SSSR count). The second-order valence-electron chi connectivity index (χ2n) is 6.80. The van der Waals surface area contributed by atoms with Crippen LogP contribution in [0.25, 0.3) is 0 Å². The van der Waals surface area contributed by atoms with Crippen LogP contribution in [0.4, 0.5) is 14.9 Å². The van der Waals surface area contributed by atoms with Crippen LogP contribution in [-0.4, -0.2) is 18.0 Å². The summed E-state index contributed by atoms with van der Waals surface area (Å²) < 4.78 is 25.2. The average Bonchev–Trinajstić information content (AvgIpc) is 2.54. The van der Waals surface area contributed by atoms with E-state index in [4.69, 9.17) is 9.47 Å². The fourth-order valence-corrected chi connectivity index (χ4v) is 2.26. The van der Waals surface area contributed by atoms with Crippen LogP contribution in [0, 0.1) is 12.7 Å². The molecule has 0 bridgehead atoms. The Morgan fingerprint density at radius 1 is 1.19 bits per heavy atom. The van der Waals surface area contributed by atoms with Crippen molar-refractivity contribution in [1.82, 2.24) is 0 Å². The number of nitrogens with one attached hydrogen (secondary N) is 1. The maximum Gasteiger partial charge on any atom is 0.412 e. The molecular formula is C20H22FNO4. The van der Waals surface area contributed by atoms with E-state index >= 15 is 0 Å². The van der Waals surface area contributed by atoms with E-state index in [9.17, 15) is 14.0 Å². The molecule has 0 aliphatic carbocycles. The second kappa shape index (κ2) is 7.99. The van der Waals surface area contributed by atoms with Gasteiger partial charge in [-0.05, 0) is 45.4 Å². The summed E-state index contributed by atoms with van der Waals surface area (Å²) in [4.78, 5) is 23.0. The highest BCUT2D eigenvalue weighted by Gasteiger charge is 2.18. The number of amides is 1. The van der Waals surface area contributed by atoms with Gasteiger partial charge in [-0.1, -0.05) is 24.3 Å². The standard InChI is InChI=1S/C20H22FNO4/c1-13-9-10-14(18(21)15(13)11-23)12-25-17-8-6-5-7-16(17)22-19(24)26-20(2,3)4/h5-11H,12H2,1-4H3,(H,22,24). The van der Waals surface area contributed by atoms with Gasteiger partial charge in [-0.15, -0.1) is 0 Å². The number of hydrogen-bond donors (Lipinski definition) is 1. The number of halogens is 1. The molecule has 0 aliphatic rings. The van der Waals surface area contributed by atoms with Crippen molar-refractivity contribution in [3.63, 3.8) is 0 Å². The summed E-state index contributed by atoms with van der Waals surface area (Å²) in [6.07, 6.45) is -0.120. The van der Waals surface area contributed by atoms with Crippen LogP contribution in [0.1, 0.15) is 42.3 Å². The zero-order chi connectivity index (χ0) is 19.3. The van der Waals surface area contributed by atoms with Gasteiger partial charge < -0.3 is 9.47 Å². The molecule has 0 saturated carbocycles. The predicted octanol–water partition coefficient (Wildman–Crippen LogP) is 4.87. The average molecular weight is 359 g/mol. The summed E-state index contributed by atoms with van der Waals surface area (Å²) in [6, 6.07) is 10.0. The summed E-state index contributed by atoms with van der Waals surface area (Å²) in [7, 11) is 0. The highest BCUT2D eigenvalue weighted by Crippen LogP contribution is 2.26. The Bertz CT molecular complexity index is 812. The van der Waals surface area contributed by atoms with Gasteiger partial charge in [0.15, 0.2) is 6.29 Å². The maximum absolute atomic E-state index is 14.3. The lowest BCUT2D eigenvalue weighted by Gasteiger charge is -2.20. The molecule has 2 aromatic rings. The Morgan fingerprint density at radius 3 is 2.54 bits per heavy atom. The third kappa shape index (κ3) is 5.05. The number of carbonyl (C=O) groups is 2. The van der Waals surface area contributed by atoms with Crippen molar-refractivity contribution in [2.45, 2.75) is 39.9 Å². The van der Waals surface area contributed by atoms with Gasteiger partial charge in [-0.25, -0.2) is 9.18 Å². The Balaban J connectivity index is 2.14. The minimum absolute atomic E-state index is 0.0197. The molecule has 0 radical (unpaired) electrons. The highest BCUT2D eigenvalue weighted by molar-refractivity contribution is 5.87. The first-order valence-corrected chi connectivity index (χ1v) is 8.16. The van der Waals surface area contributed by atoms with E-state index in [2.05, 4.69) is 5.32 Å². The van der Waals surface area contributed by atoms with Gasteiger partial charge in [0.1, 0.15) is 23.8 Å². The van der Waals surface area contributed by atoms with E-state index in [1.54, 1.807) is 64.1 Å². The Labute approximate surface area is 152 Å². The smallest absolute Gasteiger partial charge is 0.412 e. The van der Waals surface area contributed by atoms with Gasteiger partial charge in [0.05, 0.1) is 11.3 Å². The van der Waals surface area contributed by atoms with E-state index in [0.29, 0.717) is 23.3 Å². The molecule has 0 unspecified atom stereocenters. The summed E-state index contributed by atoms with van der Waals surface area (Å²) in [6.45, 7) is 6.87. The number of rotatable bonds is 5. The fraction of sp³-hybridized carbons (Fsp3) is 0.300. The molecule has 0 atom stereocenters. The van der Waals surface area contributed by atoms with Crippen LogP contribution < -0.4 is 10.1 Å². The summed E-state index contributed by atoms with van der Waals surface area (Å²) in [5.74, 6) is -0.233. The predicted molar refractivity (Wildman–Crippen MR) is 97.2 cm³/mol. The minimum Gasteiger partial charge on any atom is -0.487 e. The van der Waals surface area contributed by atoms with Crippen molar-refractivity contribution in [3.8, 4) is 5.75 Å². The van der Waals surface area contributed by atoms with Crippen LogP contribution in [0.5, 0.6) is 5.75 Å². The van der Waals surface area contributed by atoms with E-state index in [1.807, 2.05) is 0 Å².